The third-order valence-corrected chi connectivity index (χ3v) is 3.76. The monoisotopic (exact) mass is 361 g/mol. The van der Waals surface area contributed by atoms with Gasteiger partial charge in [0.2, 0.25) is 5.91 Å². The lowest BCUT2D eigenvalue weighted by molar-refractivity contribution is -0.116. The van der Waals surface area contributed by atoms with Crippen LogP contribution in [0.3, 0.4) is 0 Å². The van der Waals surface area contributed by atoms with Crippen molar-refractivity contribution in [3.8, 4) is 11.5 Å². The van der Waals surface area contributed by atoms with Crippen molar-refractivity contribution in [3.05, 3.63) is 53.3 Å². The number of hydrogen-bond donors (Lipinski definition) is 1. The molecule has 0 heterocycles. The normalized spacial score (nSPS) is 10.2. The molecular weight excluding hydrogens is 341 g/mol. The van der Waals surface area contributed by atoms with Crippen LogP contribution >= 0.6 is 0 Å². The van der Waals surface area contributed by atoms with Crippen molar-refractivity contribution < 1.29 is 28.2 Å². The quantitative estimate of drug-likeness (QED) is 0.767. The first-order chi connectivity index (χ1) is 12.5. The van der Waals surface area contributed by atoms with E-state index < -0.39 is 11.8 Å². The first-order valence-electron chi connectivity index (χ1n) is 7.87. The zero-order chi connectivity index (χ0) is 19.1. The van der Waals surface area contributed by atoms with Gasteiger partial charge in [0.15, 0.2) is 11.6 Å². The van der Waals surface area contributed by atoms with Crippen molar-refractivity contribution in [3.63, 3.8) is 0 Å². The molecule has 0 aromatic heterocycles. The second-order valence-corrected chi connectivity index (χ2v) is 5.42. The van der Waals surface area contributed by atoms with Crippen LogP contribution in [0.1, 0.15) is 22.3 Å². The maximum absolute atomic E-state index is 13.7. The first kappa shape index (κ1) is 19.2. The van der Waals surface area contributed by atoms with E-state index in [0.29, 0.717) is 23.4 Å². The highest BCUT2D eigenvalue weighted by Gasteiger charge is 2.15. The molecule has 0 aliphatic heterocycles. The van der Waals surface area contributed by atoms with Crippen LogP contribution in [0.2, 0.25) is 0 Å². The fourth-order valence-electron chi connectivity index (χ4n) is 2.37. The Balaban J connectivity index is 2.05. The molecule has 0 spiro atoms. The standard InChI is InChI=1S/C19H20FNO5/c1-24-13-6-7-16(14(11-13)19(23)26-3)21-18(22)9-5-12-4-8-17(25-2)15(20)10-12/h4,6-8,10-11H,5,9H2,1-3H3,(H,21,22). The molecule has 7 heteroatoms. The van der Waals surface area contributed by atoms with Crippen LogP contribution in [0.5, 0.6) is 11.5 Å². The largest absolute Gasteiger partial charge is 0.497 e. The Hall–Kier alpha value is -3.09. The van der Waals surface area contributed by atoms with E-state index in [1.807, 2.05) is 0 Å². The van der Waals surface area contributed by atoms with Crippen molar-refractivity contribution in [2.75, 3.05) is 26.6 Å². The van der Waals surface area contributed by atoms with Gasteiger partial charge in [-0.3, -0.25) is 4.79 Å². The van der Waals surface area contributed by atoms with E-state index >= 15 is 0 Å². The Bertz CT molecular complexity index is 807. The average Bonchev–Trinajstić information content (AvgIpc) is 2.66. The Labute approximate surface area is 150 Å². The molecule has 2 aromatic carbocycles. The number of halogens is 1. The molecule has 0 saturated carbocycles. The highest BCUT2D eigenvalue weighted by molar-refractivity contribution is 6.01. The van der Waals surface area contributed by atoms with Crippen LogP contribution in [0, 0.1) is 5.82 Å². The number of hydrogen-bond acceptors (Lipinski definition) is 5. The predicted molar refractivity (Wildman–Crippen MR) is 94.2 cm³/mol. The number of esters is 1. The number of methoxy groups -OCH3 is 3. The van der Waals surface area contributed by atoms with Gasteiger partial charge in [-0.2, -0.15) is 0 Å². The molecule has 2 aromatic rings. The Kier molecular flexibility index (Phi) is 6.54. The topological polar surface area (TPSA) is 73.9 Å². The summed E-state index contributed by atoms with van der Waals surface area (Å²) in [6.07, 6.45) is 0.467. The number of benzene rings is 2. The van der Waals surface area contributed by atoms with Crippen LogP contribution in [0.25, 0.3) is 0 Å². The van der Waals surface area contributed by atoms with E-state index in [0.717, 1.165) is 0 Å². The third kappa shape index (κ3) is 4.72. The summed E-state index contributed by atoms with van der Waals surface area (Å²) in [5.74, 6) is -0.752. The molecule has 1 N–H and O–H groups in total. The predicted octanol–water partition coefficient (Wildman–Crippen LogP) is 3.20. The van der Waals surface area contributed by atoms with Gasteiger partial charge in [0.1, 0.15) is 5.75 Å². The highest BCUT2D eigenvalue weighted by atomic mass is 19.1. The number of rotatable bonds is 7. The van der Waals surface area contributed by atoms with Crippen LogP contribution < -0.4 is 14.8 Å². The highest BCUT2D eigenvalue weighted by Crippen LogP contribution is 2.23. The summed E-state index contributed by atoms with van der Waals surface area (Å²) in [7, 11) is 4.12. The second-order valence-electron chi connectivity index (χ2n) is 5.42. The van der Waals surface area contributed by atoms with Crippen LogP contribution in [0.15, 0.2) is 36.4 Å². The van der Waals surface area contributed by atoms with E-state index in [-0.39, 0.29) is 23.6 Å². The zero-order valence-corrected chi connectivity index (χ0v) is 14.8. The van der Waals surface area contributed by atoms with Gasteiger partial charge in [0.25, 0.3) is 0 Å². The van der Waals surface area contributed by atoms with Gasteiger partial charge < -0.3 is 19.5 Å². The SMILES string of the molecule is COC(=O)c1cc(OC)ccc1NC(=O)CCc1ccc(OC)c(F)c1. The molecule has 0 unspecified atom stereocenters. The van der Waals surface area contributed by atoms with Crippen LogP contribution in [-0.2, 0) is 16.0 Å². The van der Waals surface area contributed by atoms with E-state index in [1.165, 1.54) is 39.5 Å². The fourth-order valence-corrected chi connectivity index (χ4v) is 2.37. The zero-order valence-electron chi connectivity index (χ0n) is 14.8. The Morgan fingerprint density at radius 3 is 2.42 bits per heavy atom. The van der Waals surface area contributed by atoms with Crippen molar-refractivity contribution >= 4 is 17.6 Å². The number of nitrogens with one attached hydrogen (secondary N) is 1. The maximum Gasteiger partial charge on any atom is 0.340 e. The van der Waals surface area contributed by atoms with Gasteiger partial charge in [-0.25, -0.2) is 9.18 Å². The number of amides is 1. The molecule has 0 radical (unpaired) electrons. The minimum absolute atomic E-state index is 0.123. The number of ether oxygens (including phenoxy) is 3. The molecule has 0 atom stereocenters. The summed E-state index contributed by atoms with van der Waals surface area (Å²) in [4.78, 5) is 24.1. The molecule has 0 aliphatic rings. The smallest absolute Gasteiger partial charge is 0.340 e. The fraction of sp³-hybridized carbons (Fsp3) is 0.263. The summed E-state index contributed by atoms with van der Waals surface area (Å²) in [5.41, 5.74) is 1.18. The van der Waals surface area contributed by atoms with Gasteiger partial charge in [-0.15, -0.1) is 0 Å². The molecular formula is C19H20FNO5. The summed E-state index contributed by atoms with van der Waals surface area (Å²) >= 11 is 0. The summed E-state index contributed by atoms with van der Waals surface area (Å²) in [5, 5.41) is 2.67. The molecule has 0 aliphatic carbocycles. The average molecular weight is 361 g/mol. The molecule has 0 saturated heterocycles. The third-order valence-electron chi connectivity index (χ3n) is 3.76. The second kappa shape index (κ2) is 8.84. The molecule has 1 amide bonds. The molecule has 138 valence electrons. The first-order valence-corrected chi connectivity index (χ1v) is 7.87. The summed E-state index contributed by atoms with van der Waals surface area (Å²) in [6.45, 7) is 0. The summed E-state index contributed by atoms with van der Waals surface area (Å²) in [6, 6.07) is 9.22. The number of anilines is 1. The van der Waals surface area contributed by atoms with E-state index in [9.17, 15) is 14.0 Å². The van der Waals surface area contributed by atoms with Gasteiger partial charge in [0.05, 0.1) is 32.6 Å². The minimum Gasteiger partial charge on any atom is -0.497 e. The maximum atomic E-state index is 13.7. The number of aryl methyl sites for hydroxylation is 1. The van der Waals surface area contributed by atoms with Gasteiger partial charge >= 0.3 is 5.97 Å². The Morgan fingerprint density at radius 1 is 1.04 bits per heavy atom. The lowest BCUT2D eigenvalue weighted by Crippen LogP contribution is -2.16. The van der Waals surface area contributed by atoms with Crippen molar-refractivity contribution in [1.82, 2.24) is 0 Å². The van der Waals surface area contributed by atoms with Crippen molar-refractivity contribution in [1.29, 1.82) is 0 Å². The lowest BCUT2D eigenvalue weighted by atomic mass is 10.1. The molecule has 6 nitrogen and oxygen atoms in total. The van der Waals surface area contributed by atoms with Gasteiger partial charge in [-0.05, 0) is 42.3 Å². The summed E-state index contributed by atoms with van der Waals surface area (Å²) < 4.78 is 28.3. The van der Waals surface area contributed by atoms with E-state index in [1.54, 1.807) is 18.2 Å². The van der Waals surface area contributed by atoms with E-state index in [2.05, 4.69) is 5.32 Å². The van der Waals surface area contributed by atoms with Gasteiger partial charge in [-0.1, -0.05) is 6.07 Å². The minimum atomic E-state index is -0.587. The van der Waals surface area contributed by atoms with E-state index in [4.69, 9.17) is 14.2 Å². The molecule has 26 heavy (non-hydrogen) atoms. The van der Waals surface area contributed by atoms with Crippen molar-refractivity contribution in [2.24, 2.45) is 0 Å². The Morgan fingerprint density at radius 2 is 1.81 bits per heavy atom. The van der Waals surface area contributed by atoms with Crippen LogP contribution in [-0.4, -0.2) is 33.2 Å². The molecule has 0 fully saturated rings. The molecule has 2 rings (SSSR count). The molecule has 0 bridgehead atoms. The lowest BCUT2D eigenvalue weighted by Gasteiger charge is -2.11. The van der Waals surface area contributed by atoms with Gasteiger partial charge in [0, 0.05) is 6.42 Å². The number of carbonyl (C=O) groups excluding carboxylic acids is 2. The number of carbonyl (C=O) groups is 2. The van der Waals surface area contributed by atoms with Crippen molar-refractivity contribution in [2.45, 2.75) is 12.8 Å². The van der Waals surface area contributed by atoms with Crippen LogP contribution in [0.4, 0.5) is 10.1 Å².